The van der Waals surface area contributed by atoms with Gasteiger partial charge in [-0.15, -0.1) is 10.2 Å². The SMILES string of the molecule is CCCC(N)C(=O)Nc1ccc(-c2nnco2)cc1. The molecule has 1 atom stereocenters. The minimum atomic E-state index is -0.472. The zero-order valence-corrected chi connectivity index (χ0v) is 10.7. The number of carbonyl (C=O) groups excluding carboxylic acids is 1. The first-order chi connectivity index (χ1) is 9.20. The maximum absolute atomic E-state index is 11.7. The van der Waals surface area contributed by atoms with Gasteiger partial charge in [0.25, 0.3) is 0 Å². The number of anilines is 1. The van der Waals surface area contributed by atoms with E-state index in [1.165, 1.54) is 6.39 Å². The van der Waals surface area contributed by atoms with E-state index < -0.39 is 6.04 Å². The molecule has 1 amide bonds. The first-order valence-corrected chi connectivity index (χ1v) is 6.13. The molecule has 0 aliphatic heterocycles. The highest BCUT2D eigenvalue weighted by molar-refractivity contribution is 5.94. The predicted octanol–water partition coefficient (Wildman–Crippen LogP) is 1.80. The monoisotopic (exact) mass is 260 g/mol. The van der Waals surface area contributed by atoms with Crippen LogP contribution < -0.4 is 11.1 Å². The average Bonchev–Trinajstić information content (AvgIpc) is 2.94. The normalized spacial score (nSPS) is 12.1. The maximum atomic E-state index is 11.7. The summed E-state index contributed by atoms with van der Waals surface area (Å²) in [6.07, 6.45) is 2.82. The lowest BCUT2D eigenvalue weighted by Crippen LogP contribution is -2.35. The zero-order valence-electron chi connectivity index (χ0n) is 10.7. The molecule has 0 saturated carbocycles. The van der Waals surface area contributed by atoms with Gasteiger partial charge in [-0.05, 0) is 30.7 Å². The van der Waals surface area contributed by atoms with Gasteiger partial charge in [-0.1, -0.05) is 13.3 Å². The van der Waals surface area contributed by atoms with E-state index in [2.05, 4.69) is 15.5 Å². The lowest BCUT2D eigenvalue weighted by Gasteiger charge is -2.11. The van der Waals surface area contributed by atoms with Crippen LogP contribution in [-0.2, 0) is 4.79 Å². The second-order valence-electron chi connectivity index (χ2n) is 4.21. The van der Waals surface area contributed by atoms with Crippen molar-refractivity contribution in [1.82, 2.24) is 10.2 Å². The Hall–Kier alpha value is -2.21. The second kappa shape index (κ2) is 6.10. The number of carbonyl (C=O) groups is 1. The van der Waals surface area contributed by atoms with Crippen LogP contribution in [0, 0.1) is 0 Å². The van der Waals surface area contributed by atoms with Gasteiger partial charge in [0.2, 0.25) is 18.2 Å². The Kier molecular flexibility index (Phi) is 4.25. The lowest BCUT2D eigenvalue weighted by molar-refractivity contribution is -0.117. The van der Waals surface area contributed by atoms with Crippen LogP contribution in [0.4, 0.5) is 5.69 Å². The van der Waals surface area contributed by atoms with Gasteiger partial charge in [-0.2, -0.15) is 0 Å². The number of nitrogens with zero attached hydrogens (tertiary/aromatic N) is 2. The minimum absolute atomic E-state index is 0.174. The predicted molar refractivity (Wildman–Crippen MR) is 71.2 cm³/mol. The van der Waals surface area contributed by atoms with Gasteiger partial charge in [-0.25, -0.2) is 0 Å². The van der Waals surface area contributed by atoms with Gasteiger partial charge in [0.1, 0.15) is 0 Å². The summed E-state index contributed by atoms with van der Waals surface area (Å²) in [5.41, 5.74) is 7.23. The molecule has 0 aliphatic rings. The van der Waals surface area contributed by atoms with E-state index in [0.717, 1.165) is 12.0 Å². The van der Waals surface area contributed by atoms with E-state index in [4.69, 9.17) is 10.2 Å². The standard InChI is InChI=1S/C13H16N4O2/c1-2-3-11(14)12(18)16-10-6-4-9(5-7-10)13-17-15-8-19-13/h4-8,11H,2-3,14H2,1H3,(H,16,18). The highest BCUT2D eigenvalue weighted by Gasteiger charge is 2.12. The van der Waals surface area contributed by atoms with E-state index >= 15 is 0 Å². The van der Waals surface area contributed by atoms with Crippen LogP contribution in [0.3, 0.4) is 0 Å². The molecule has 0 aliphatic carbocycles. The Bertz CT molecular complexity index is 522. The summed E-state index contributed by atoms with van der Waals surface area (Å²) in [4.78, 5) is 11.7. The highest BCUT2D eigenvalue weighted by atomic mass is 16.4. The molecule has 0 radical (unpaired) electrons. The van der Waals surface area contributed by atoms with Crippen molar-refractivity contribution in [3.8, 4) is 11.5 Å². The summed E-state index contributed by atoms with van der Waals surface area (Å²) in [6, 6.07) is 6.68. The van der Waals surface area contributed by atoms with Crippen LogP contribution >= 0.6 is 0 Å². The van der Waals surface area contributed by atoms with Gasteiger partial charge < -0.3 is 15.5 Å². The van der Waals surface area contributed by atoms with E-state index in [9.17, 15) is 4.79 Å². The largest absolute Gasteiger partial charge is 0.423 e. The Morgan fingerprint density at radius 2 is 2.16 bits per heavy atom. The molecule has 6 heteroatoms. The van der Waals surface area contributed by atoms with Crippen LogP contribution in [0.25, 0.3) is 11.5 Å². The molecular formula is C13H16N4O2. The number of amides is 1. The van der Waals surface area contributed by atoms with E-state index in [-0.39, 0.29) is 5.91 Å². The highest BCUT2D eigenvalue weighted by Crippen LogP contribution is 2.18. The number of nitrogens with two attached hydrogens (primary N) is 1. The Morgan fingerprint density at radius 1 is 1.42 bits per heavy atom. The van der Waals surface area contributed by atoms with Crippen molar-refractivity contribution >= 4 is 11.6 Å². The number of rotatable bonds is 5. The van der Waals surface area contributed by atoms with Crippen LogP contribution in [0.1, 0.15) is 19.8 Å². The second-order valence-corrected chi connectivity index (χ2v) is 4.21. The number of hydrogen-bond donors (Lipinski definition) is 2. The van der Waals surface area contributed by atoms with Crippen molar-refractivity contribution in [2.75, 3.05) is 5.32 Å². The molecule has 2 aromatic rings. The molecule has 2 rings (SSSR count). The number of hydrogen-bond acceptors (Lipinski definition) is 5. The van der Waals surface area contributed by atoms with Gasteiger partial charge in [0, 0.05) is 11.3 Å². The van der Waals surface area contributed by atoms with Crippen molar-refractivity contribution in [3.05, 3.63) is 30.7 Å². The molecule has 0 fully saturated rings. The topological polar surface area (TPSA) is 94.0 Å². The first-order valence-electron chi connectivity index (χ1n) is 6.13. The average molecular weight is 260 g/mol. The van der Waals surface area contributed by atoms with Crippen molar-refractivity contribution in [3.63, 3.8) is 0 Å². The lowest BCUT2D eigenvalue weighted by atomic mass is 10.1. The number of benzene rings is 1. The van der Waals surface area contributed by atoms with Crippen LogP contribution in [0.15, 0.2) is 35.1 Å². The van der Waals surface area contributed by atoms with Crippen LogP contribution in [-0.4, -0.2) is 22.1 Å². The summed E-state index contributed by atoms with van der Waals surface area (Å²) < 4.78 is 5.08. The van der Waals surface area contributed by atoms with Crippen LogP contribution in [0.2, 0.25) is 0 Å². The molecule has 1 unspecified atom stereocenters. The summed E-state index contributed by atoms with van der Waals surface area (Å²) in [7, 11) is 0. The van der Waals surface area contributed by atoms with Gasteiger partial charge in [-0.3, -0.25) is 4.79 Å². The van der Waals surface area contributed by atoms with E-state index in [1.807, 2.05) is 6.92 Å². The minimum Gasteiger partial charge on any atom is -0.423 e. The fourth-order valence-corrected chi connectivity index (χ4v) is 1.67. The third kappa shape index (κ3) is 3.38. The third-order valence-electron chi connectivity index (χ3n) is 2.70. The molecule has 6 nitrogen and oxygen atoms in total. The van der Waals surface area contributed by atoms with Crippen molar-refractivity contribution < 1.29 is 9.21 Å². The molecule has 0 spiro atoms. The summed E-state index contributed by atoms with van der Waals surface area (Å²) in [6.45, 7) is 1.99. The maximum Gasteiger partial charge on any atom is 0.247 e. The summed E-state index contributed by atoms with van der Waals surface area (Å²) in [5, 5.41) is 10.2. The fourth-order valence-electron chi connectivity index (χ4n) is 1.67. The molecule has 0 saturated heterocycles. The summed E-state index contributed by atoms with van der Waals surface area (Å²) in [5.74, 6) is 0.271. The van der Waals surface area contributed by atoms with Crippen molar-refractivity contribution in [1.29, 1.82) is 0 Å². The number of nitrogens with one attached hydrogen (secondary N) is 1. The quantitative estimate of drug-likeness (QED) is 0.854. The molecule has 1 heterocycles. The van der Waals surface area contributed by atoms with Gasteiger partial charge in [0.05, 0.1) is 6.04 Å². The molecule has 3 N–H and O–H groups in total. The van der Waals surface area contributed by atoms with Crippen LogP contribution in [0.5, 0.6) is 0 Å². The zero-order chi connectivity index (χ0) is 13.7. The van der Waals surface area contributed by atoms with Crippen molar-refractivity contribution in [2.45, 2.75) is 25.8 Å². The van der Waals surface area contributed by atoms with E-state index in [0.29, 0.717) is 18.0 Å². The molecule has 19 heavy (non-hydrogen) atoms. The fraction of sp³-hybridized carbons (Fsp3) is 0.308. The molecule has 1 aromatic heterocycles. The molecular weight excluding hydrogens is 244 g/mol. The van der Waals surface area contributed by atoms with Gasteiger partial charge >= 0.3 is 0 Å². The smallest absolute Gasteiger partial charge is 0.247 e. The Balaban J connectivity index is 2.01. The third-order valence-corrected chi connectivity index (χ3v) is 2.70. The summed E-state index contributed by atoms with van der Waals surface area (Å²) >= 11 is 0. The Morgan fingerprint density at radius 3 is 2.74 bits per heavy atom. The van der Waals surface area contributed by atoms with Gasteiger partial charge in [0.15, 0.2) is 0 Å². The Labute approximate surface area is 111 Å². The van der Waals surface area contributed by atoms with Crippen molar-refractivity contribution in [2.24, 2.45) is 5.73 Å². The van der Waals surface area contributed by atoms with E-state index in [1.54, 1.807) is 24.3 Å². The molecule has 1 aromatic carbocycles. The number of aromatic nitrogens is 2. The molecule has 100 valence electrons. The first kappa shape index (κ1) is 13.2. The molecule has 0 bridgehead atoms.